The average molecular weight is 278 g/mol. The summed E-state index contributed by atoms with van der Waals surface area (Å²) in [6.45, 7) is 6.75. The van der Waals surface area contributed by atoms with E-state index >= 15 is 0 Å². The Morgan fingerprint density at radius 3 is 2.15 bits per heavy atom. The summed E-state index contributed by atoms with van der Waals surface area (Å²) < 4.78 is 11.3. The molecule has 0 spiro atoms. The summed E-state index contributed by atoms with van der Waals surface area (Å²) in [5.41, 5.74) is 5.90. The molecule has 0 aromatic heterocycles. The van der Waals surface area contributed by atoms with Crippen molar-refractivity contribution in [2.45, 2.75) is 32.2 Å². The van der Waals surface area contributed by atoms with E-state index in [2.05, 4.69) is 11.8 Å². The van der Waals surface area contributed by atoms with Crippen molar-refractivity contribution >= 4 is 0 Å². The Bertz CT molecular complexity index is 373. The summed E-state index contributed by atoms with van der Waals surface area (Å²) in [4.78, 5) is 2.42. The Hall–Kier alpha value is -1.26. The van der Waals surface area contributed by atoms with E-state index in [9.17, 15) is 0 Å². The van der Waals surface area contributed by atoms with Gasteiger partial charge in [-0.25, -0.2) is 0 Å². The molecule has 4 heteroatoms. The first-order valence-electron chi connectivity index (χ1n) is 7.61. The van der Waals surface area contributed by atoms with Crippen LogP contribution in [0.25, 0.3) is 0 Å². The van der Waals surface area contributed by atoms with Crippen molar-refractivity contribution in [2.75, 3.05) is 32.8 Å². The van der Waals surface area contributed by atoms with Crippen LogP contribution < -0.4 is 15.2 Å². The molecule has 0 amide bonds. The summed E-state index contributed by atoms with van der Waals surface area (Å²) in [6, 6.07) is 8.26. The Morgan fingerprint density at radius 2 is 1.60 bits per heavy atom. The van der Waals surface area contributed by atoms with E-state index in [0.717, 1.165) is 63.6 Å². The van der Waals surface area contributed by atoms with Gasteiger partial charge in [0.15, 0.2) is 0 Å². The number of ether oxygens (including phenoxy) is 2. The number of piperidine rings is 1. The molecule has 0 unspecified atom stereocenters. The second kappa shape index (κ2) is 8.12. The van der Waals surface area contributed by atoms with Crippen LogP contribution in [0.1, 0.15) is 26.2 Å². The second-order valence-corrected chi connectivity index (χ2v) is 5.35. The molecule has 0 bridgehead atoms. The van der Waals surface area contributed by atoms with Crippen molar-refractivity contribution < 1.29 is 9.47 Å². The molecule has 1 heterocycles. The zero-order valence-corrected chi connectivity index (χ0v) is 12.4. The van der Waals surface area contributed by atoms with Gasteiger partial charge in [-0.05, 0) is 56.6 Å². The van der Waals surface area contributed by atoms with Gasteiger partial charge in [0.2, 0.25) is 0 Å². The van der Waals surface area contributed by atoms with Crippen molar-refractivity contribution in [3.8, 4) is 11.5 Å². The minimum Gasteiger partial charge on any atom is -0.494 e. The normalized spacial score (nSPS) is 17.1. The van der Waals surface area contributed by atoms with Gasteiger partial charge in [0.05, 0.1) is 6.61 Å². The molecule has 2 N–H and O–H groups in total. The smallest absolute Gasteiger partial charge is 0.119 e. The molecule has 20 heavy (non-hydrogen) atoms. The number of nitrogens with two attached hydrogens (primary N) is 1. The molecule has 0 atom stereocenters. The van der Waals surface area contributed by atoms with E-state index in [-0.39, 0.29) is 0 Å². The third-order valence-corrected chi connectivity index (χ3v) is 3.61. The molecule has 1 aromatic carbocycles. The summed E-state index contributed by atoms with van der Waals surface area (Å²) in [5.74, 6) is 1.81. The summed E-state index contributed by atoms with van der Waals surface area (Å²) >= 11 is 0. The molecule has 1 aliphatic heterocycles. The zero-order valence-electron chi connectivity index (χ0n) is 12.4. The van der Waals surface area contributed by atoms with E-state index in [4.69, 9.17) is 15.2 Å². The van der Waals surface area contributed by atoms with Gasteiger partial charge in [-0.15, -0.1) is 0 Å². The van der Waals surface area contributed by atoms with E-state index in [1.54, 1.807) is 0 Å². The predicted molar refractivity (Wildman–Crippen MR) is 81.4 cm³/mol. The number of benzene rings is 1. The largest absolute Gasteiger partial charge is 0.494 e. The van der Waals surface area contributed by atoms with Gasteiger partial charge in [0.1, 0.15) is 18.1 Å². The molecule has 0 radical (unpaired) electrons. The van der Waals surface area contributed by atoms with Gasteiger partial charge in [-0.3, -0.25) is 4.90 Å². The fourth-order valence-electron chi connectivity index (χ4n) is 2.32. The molecule has 1 aromatic rings. The fourth-order valence-corrected chi connectivity index (χ4v) is 2.32. The molecule has 1 aliphatic rings. The molecule has 2 rings (SSSR count). The van der Waals surface area contributed by atoms with E-state index < -0.39 is 0 Å². The van der Waals surface area contributed by atoms with Crippen LogP contribution in [0.2, 0.25) is 0 Å². The SMILES string of the molecule is CCCOc1ccc(OCCN2CCC(N)CC2)cc1. The molecule has 0 aliphatic carbocycles. The van der Waals surface area contributed by atoms with Crippen molar-refractivity contribution in [1.29, 1.82) is 0 Å². The van der Waals surface area contributed by atoms with Crippen LogP contribution in [-0.2, 0) is 0 Å². The average Bonchev–Trinajstić information content (AvgIpc) is 2.48. The third kappa shape index (κ3) is 5.02. The number of likely N-dealkylation sites (tertiary alicyclic amines) is 1. The van der Waals surface area contributed by atoms with E-state index in [1.807, 2.05) is 24.3 Å². The molecule has 0 saturated carbocycles. The topological polar surface area (TPSA) is 47.7 Å². The maximum atomic E-state index is 5.90. The highest BCUT2D eigenvalue weighted by molar-refractivity contribution is 5.31. The van der Waals surface area contributed by atoms with Crippen LogP contribution in [0.4, 0.5) is 0 Å². The lowest BCUT2D eigenvalue weighted by atomic mass is 10.1. The van der Waals surface area contributed by atoms with Crippen LogP contribution in [0.15, 0.2) is 24.3 Å². The molecule has 1 fully saturated rings. The predicted octanol–water partition coefficient (Wildman–Crippen LogP) is 2.28. The minimum atomic E-state index is 0.392. The van der Waals surface area contributed by atoms with Crippen LogP contribution >= 0.6 is 0 Å². The maximum Gasteiger partial charge on any atom is 0.119 e. The quantitative estimate of drug-likeness (QED) is 0.831. The highest BCUT2D eigenvalue weighted by Crippen LogP contribution is 2.18. The van der Waals surface area contributed by atoms with Crippen molar-refractivity contribution in [3.05, 3.63) is 24.3 Å². The van der Waals surface area contributed by atoms with Gasteiger partial charge in [-0.1, -0.05) is 6.92 Å². The van der Waals surface area contributed by atoms with Gasteiger partial charge in [0, 0.05) is 12.6 Å². The van der Waals surface area contributed by atoms with Crippen LogP contribution in [0.5, 0.6) is 11.5 Å². The summed E-state index contributed by atoms with van der Waals surface area (Å²) in [5, 5.41) is 0. The first kappa shape index (κ1) is 15.1. The van der Waals surface area contributed by atoms with Crippen LogP contribution in [0, 0.1) is 0 Å². The number of hydrogen-bond acceptors (Lipinski definition) is 4. The third-order valence-electron chi connectivity index (χ3n) is 3.61. The van der Waals surface area contributed by atoms with Gasteiger partial charge >= 0.3 is 0 Å². The van der Waals surface area contributed by atoms with E-state index in [1.165, 1.54) is 0 Å². The number of rotatable bonds is 7. The summed E-state index contributed by atoms with van der Waals surface area (Å²) in [6.07, 6.45) is 3.23. The van der Waals surface area contributed by atoms with Crippen molar-refractivity contribution in [2.24, 2.45) is 5.73 Å². The maximum absolute atomic E-state index is 5.90. The number of nitrogens with zero attached hydrogens (tertiary/aromatic N) is 1. The van der Waals surface area contributed by atoms with Gasteiger partial charge in [-0.2, -0.15) is 0 Å². The van der Waals surface area contributed by atoms with E-state index in [0.29, 0.717) is 6.04 Å². The first-order valence-corrected chi connectivity index (χ1v) is 7.61. The molecule has 112 valence electrons. The second-order valence-electron chi connectivity index (χ2n) is 5.35. The van der Waals surface area contributed by atoms with Crippen LogP contribution in [-0.4, -0.2) is 43.8 Å². The molecule has 1 saturated heterocycles. The highest BCUT2D eigenvalue weighted by Gasteiger charge is 2.15. The lowest BCUT2D eigenvalue weighted by molar-refractivity contribution is 0.174. The minimum absolute atomic E-state index is 0.392. The molecule has 4 nitrogen and oxygen atoms in total. The lowest BCUT2D eigenvalue weighted by Gasteiger charge is -2.29. The first-order chi connectivity index (χ1) is 9.78. The van der Waals surface area contributed by atoms with Gasteiger partial charge in [0.25, 0.3) is 0 Å². The number of hydrogen-bond donors (Lipinski definition) is 1. The van der Waals surface area contributed by atoms with Crippen molar-refractivity contribution in [3.63, 3.8) is 0 Å². The van der Waals surface area contributed by atoms with Crippen LogP contribution in [0.3, 0.4) is 0 Å². The Labute approximate surface area is 121 Å². The Morgan fingerprint density at radius 1 is 1.05 bits per heavy atom. The van der Waals surface area contributed by atoms with Gasteiger partial charge < -0.3 is 15.2 Å². The molecular formula is C16H26N2O2. The Kier molecular flexibility index (Phi) is 6.15. The highest BCUT2D eigenvalue weighted by atomic mass is 16.5. The zero-order chi connectivity index (χ0) is 14.2. The fraction of sp³-hybridized carbons (Fsp3) is 0.625. The standard InChI is InChI=1S/C16H26N2O2/c1-2-12-19-15-3-5-16(6-4-15)20-13-11-18-9-7-14(17)8-10-18/h3-6,14H,2,7-13,17H2,1H3. The monoisotopic (exact) mass is 278 g/mol. The molecular weight excluding hydrogens is 252 g/mol. The Balaban J connectivity index is 1.66. The summed E-state index contributed by atoms with van der Waals surface area (Å²) in [7, 11) is 0. The van der Waals surface area contributed by atoms with Crippen molar-refractivity contribution in [1.82, 2.24) is 4.90 Å². The lowest BCUT2D eigenvalue weighted by Crippen LogP contribution is -2.41.